The molecule has 1 aliphatic rings. The zero-order chi connectivity index (χ0) is 20.5. The molecule has 0 spiro atoms. The van der Waals surface area contributed by atoms with E-state index in [1.54, 1.807) is 18.2 Å². The molecule has 0 radical (unpaired) electrons. The van der Waals surface area contributed by atoms with Crippen molar-refractivity contribution in [2.24, 2.45) is 0 Å². The molecular weight excluding hydrogens is 366 g/mol. The van der Waals surface area contributed by atoms with Crippen molar-refractivity contribution >= 4 is 22.7 Å². The minimum Gasteiger partial charge on any atom is -0.343 e. The van der Waals surface area contributed by atoms with Crippen LogP contribution in [0.3, 0.4) is 0 Å². The van der Waals surface area contributed by atoms with Gasteiger partial charge in [0.2, 0.25) is 5.91 Å². The van der Waals surface area contributed by atoms with Gasteiger partial charge in [-0.05, 0) is 23.6 Å². The standard InChI is InChI=1S/C20H20F2N4O2/c1-12(2)13-3-4-15-16(5-6-24-17(15)7-13)19(28)25-10-18(27)26-11-20(21,22)8-14(26)9-23/h3-7,12,14H,8,10-11H2,1-2H3,(H,25,28)/t14-/m0/s1. The normalized spacial score (nSPS) is 18.3. The van der Waals surface area contributed by atoms with Gasteiger partial charge < -0.3 is 10.2 Å². The number of nitrogens with one attached hydrogen (secondary N) is 1. The summed E-state index contributed by atoms with van der Waals surface area (Å²) in [5, 5.41) is 12.1. The monoisotopic (exact) mass is 386 g/mol. The van der Waals surface area contributed by atoms with Crippen LogP contribution in [0.1, 0.15) is 42.1 Å². The van der Waals surface area contributed by atoms with Gasteiger partial charge in [0.15, 0.2) is 0 Å². The van der Waals surface area contributed by atoms with Crippen LogP contribution < -0.4 is 5.32 Å². The summed E-state index contributed by atoms with van der Waals surface area (Å²) >= 11 is 0. The van der Waals surface area contributed by atoms with E-state index in [2.05, 4.69) is 24.1 Å². The maximum absolute atomic E-state index is 13.5. The van der Waals surface area contributed by atoms with Crippen LogP contribution in [-0.4, -0.2) is 46.8 Å². The van der Waals surface area contributed by atoms with Gasteiger partial charge in [0, 0.05) is 18.0 Å². The van der Waals surface area contributed by atoms with Crippen LogP contribution in [0.25, 0.3) is 10.9 Å². The van der Waals surface area contributed by atoms with Crippen molar-refractivity contribution < 1.29 is 18.4 Å². The zero-order valence-electron chi connectivity index (χ0n) is 15.6. The number of rotatable bonds is 4. The van der Waals surface area contributed by atoms with Crippen molar-refractivity contribution in [3.63, 3.8) is 0 Å². The average molecular weight is 386 g/mol. The molecule has 1 aromatic heterocycles. The summed E-state index contributed by atoms with van der Waals surface area (Å²) in [5.74, 6) is -3.99. The molecule has 146 valence electrons. The summed E-state index contributed by atoms with van der Waals surface area (Å²) in [6, 6.07) is 7.70. The van der Waals surface area contributed by atoms with Gasteiger partial charge in [0.05, 0.1) is 30.2 Å². The Bertz CT molecular complexity index is 968. The molecule has 0 saturated carbocycles. The molecule has 2 heterocycles. The Labute approximate surface area is 161 Å². The van der Waals surface area contributed by atoms with Gasteiger partial charge in [-0.25, -0.2) is 8.78 Å². The van der Waals surface area contributed by atoms with Gasteiger partial charge in [0.1, 0.15) is 6.04 Å². The van der Waals surface area contributed by atoms with E-state index in [0.29, 0.717) is 22.4 Å². The van der Waals surface area contributed by atoms with Crippen molar-refractivity contribution in [3.8, 4) is 6.07 Å². The Morgan fingerprint density at radius 1 is 1.39 bits per heavy atom. The molecule has 0 bridgehead atoms. The van der Waals surface area contributed by atoms with Gasteiger partial charge in [-0.1, -0.05) is 26.0 Å². The van der Waals surface area contributed by atoms with E-state index in [9.17, 15) is 18.4 Å². The lowest BCUT2D eigenvalue weighted by Crippen LogP contribution is -2.43. The van der Waals surface area contributed by atoms with Gasteiger partial charge in [-0.2, -0.15) is 5.26 Å². The zero-order valence-corrected chi connectivity index (χ0v) is 15.6. The Balaban J connectivity index is 1.73. The summed E-state index contributed by atoms with van der Waals surface area (Å²) in [4.78, 5) is 29.9. The average Bonchev–Trinajstić information content (AvgIpc) is 2.99. The van der Waals surface area contributed by atoms with Crippen LogP contribution in [0, 0.1) is 11.3 Å². The second kappa shape index (κ2) is 7.50. The highest BCUT2D eigenvalue weighted by molar-refractivity contribution is 6.07. The number of amides is 2. The van der Waals surface area contributed by atoms with E-state index in [-0.39, 0.29) is 0 Å². The number of nitriles is 1. The van der Waals surface area contributed by atoms with Crippen LogP contribution in [-0.2, 0) is 4.79 Å². The number of pyridine rings is 1. The molecule has 2 aromatic rings. The third kappa shape index (κ3) is 3.93. The number of benzene rings is 1. The molecule has 1 fully saturated rings. The second-order valence-corrected chi connectivity index (χ2v) is 7.20. The molecule has 1 aromatic carbocycles. The first-order valence-corrected chi connectivity index (χ1v) is 8.95. The highest BCUT2D eigenvalue weighted by Gasteiger charge is 2.47. The maximum atomic E-state index is 13.5. The first-order chi connectivity index (χ1) is 13.2. The molecule has 8 heteroatoms. The van der Waals surface area contributed by atoms with E-state index in [0.717, 1.165) is 10.5 Å². The fourth-order valence-corrected chi connectivity index (χ4v) is 3.27. The molecule has 0 unspecified atom stereocenters. The van der Waals surface area contributed by atoms with E-state index in [4.69, 9.17) is 5.26 Å². The van der Waals surface area contributed by atoms with Crippen molar-refractivity contribution in [1.29, 1.82) is 5.26 Å². The molecule has 1 atom stereocenters. The van der Waals surface area contributed by atoms with E-state index in [1.165, 1.54) is 6.20 Å². The Morgan fingerprint density at radius 2 is 2.14 bits per heavy atom. The number of likely N-dealkylation sites (tertiary alicyclic amines) is 1. The molecule has 1 N–H and O–H groups in total. The SMILES string of the molecule is CC(C)c1ccc2c(C(=O)NCC(=O)N3CC(F)(F)C[C@H]3C#N)ccnc2c1. The third-order valence-electron chi connectivity index (χ3n) is 4.82. The van der Waals surface area contributed by atoms with E-state index < -0.39 is 43.3 Å². The quantitative estimate of drug-likeness (QED) is 0.876. The molecule has 2 amide bonds. The van der Waals surface area contributed by atoms with Crippen LogP contribution in [0.5, 0.6) is 0 Å². The van der Waals surface area contributed by atoms with Gasteiger partial charge in [0.25, 0.3) is 11.8 Å². The summed E-state index contributed by atoms with van der Waals surface area (Å²) in [5.41, 5.74) is 2.09. The number of fused-ring (bicyclic) bond motifs is 1. The van der Waals surface area contributed by atoms with E-state index >= 15 is 0 Å². The lowest BCUT2D eigenvalue weighted by atomic mass is 9.99. The predicted molar refractivity (Wildman–Crippen MR) is 98.8 cm³/mol. The molecule has 3 rings (SSSR count). The first-order valence-electron chi connectivity index (χ1n) is 8.95. The lowest BCUT2D eigenvalue weighted by Gasteiger charge is -2.19. The lowest BCUT2D eigenvalue weighted by molar-refractivity contribution is -0.131. The molecule has 0 aliphatic carbocycles. The minimum absolute atomic E-state index is 0.313. The van der Waals surface area contributed by atoms with Gasteiger partial charge in [-0.15, -0.1) is 0 Å². The van der Waals surface area contributed by atoms with Crippen LogP contribution >= 0.6 is 0 Å². The molecule has 1 aliphatic heterocycles. The van der Waals surface area contributed by atoms with E-state index in [1.807, 2.05) is 12.1 Å². The number of carbonyl (C=O) groups is 2. The topological polar surface area (TPSA) is 86.1 Å². The van der Waals surface area contributed by atoms with Gasteiger partial charge in [-0.3, -0.25) is 14.6 Å². The highest BCUT2D eigenvalue weighted by Crippen LogP contribution is 2.31. The molecule has 6 nitrogen and oxygen atoms in total. The fourth-order valence-electron chi connectivity index (χ4n) is 3.27. The Morgan fingerprint density at radius 3 is 2.82 bits per heavy atom. The summed E-state index contributed by atoms with van der Waals surface area (Å²) < 4.78 is 27.0. The van der Waals surface area contributed by atoms with Crippen molar-refractivity contribution in [1.82, 2.24) is 15.2 Å². The minimum atomic E-state index is -3.09. The Kier molecular flexibility index (Phi) is 5.27. The Hall–Kier alpha value is -3.08. The third-order valence-corrected chi connectivity index (χ3v) is 4.82. The van der Waals surface area contributed by atoms with Crippen molar-refractivity contribution in [2.45, 2.75) is 38.2 Å². The highest BCUT2D eigenvalue weighted by atomic mass is 19.3. The van der Waals surface area contributed by atoms with Gasteiger partial charge >= 0.3 is 0 Å². The van der Waals surface area contributed by atoms with Crippen molar-refractivity contribution in [3.05, 3.63) is 41.6 Å². The summed E-state index contributed by atoms with van der Waals surface area (Å²) in [6.07, 6.45) is 0.826. The second-order valence-electron chi connectivity index (χ2n) is 7.20. The number of hydrogen-bond acceptors (Lipinski definition) is 4. The number of hydrogen-bond donors (Lipinski definition) is 1. The number of nitrogens with zero attached hydrogens (tertiary/aromatic N) is 3. The summed E-state index contributed by atoms with van der Waals surface area (Å²) in [7, 11) is 0. The number of alkyl halides is 2. The fraction of sp³-hybridized carbons (Fsp3) is 0.400. The molecular formula is C20H20F2N4O2. The maximum Gasteiger partial charge on any atom is 0.268 e. The molecule has 1 saturated heterocycles. The molecule has 28 heavy (non-hydrogen) atoms. The largest absolute Gasteiger partial charge is 0.343 e. The van der Waals surface area contributed by atoms with Crippen LogP contribution in [0.4, 0.5) is 8.78 Å². The number of aromatic nitrogens is 1. The summed E-state index contributed by atoms with van der Waals surface area (Å²) in [6.45, 7) is 2.84. The smallest absolute Gasteiger partial charge is 0.268 e. The van der Waals surface area contributed by atoms with Crippen molar-refractivity contribution in [2.75, 3.05) is 13.1 Å². The predicted octanol–water partition coefficient (Wildman–Crippen LogP) is 2.85. The van der Waals surface area contributed by atoms with Crippen LogP contribution in [0.2, 0.25) is 0 Å². The van der Waals surface area contributed by atoms with Crippen LogP contribution in [0.15, 0.2) is 30.5 Å². The first kappa shape index (κ1) is 19.7. The number of halogens is 2. The number of carbonyl (C=O) groups excluding carboxylic acids is 2.